The lowest BCUT2D eigenvalue weighted by Crippen LogP contribution is -1.96. The van der Waals surface area contributed by atoms with Gasteiger partial charge in [0.1, 0.15) is 0 Å². The Morgan fingerprint density at radius 2 is 2.18 bits per heavy atom. The Morgan fingerprint density at radius 1 is 1.55 bits per heavy atom. The number of hydrogen-bond acceptors (Lipinski definition) is 2. The average Bonchev–Trinajstić information content (AvgIpc) is 1.99. The summed E-state index contributed by atoms with van der Waals surface area (Å²) in [6.45, 7) is 0. The second-order valence-electron chi connectivity index (χ2n) is 1.98. The fraction of sp³-hybridized carbons (Fsp3) is 0. The molecule has 0 aromatic heterocycles. The molecule has 0 aliphatic carbocycles. The maximum atomic E-state index is 12.8. The van der Waals surface area contributed by atoms with Gasteiger partial charge in [-0.1, -0.05) is 11.6 Å². The molecule has 1 aromatic rings. The van der Waals surface area contributed by atoms with Gasteiger partial charge in [-0.25, -0.2) is 4.39 Å². The lowest BCUT2D eigenvalue weighted by atomic mass is 10.2. The van der Waals surface area contributed by atoms with E-state index in [1.54, 1.807) is 0 Å². The third-order valence-electron chi connectivity index (χ3n) is 1.28. The number of carbonyl (C=O) groups excluding carboxylic acids is 1. The van der Waals surface area contributed by atoms with Gasteiger partial charge >= 0.3 is 0 Å². The molecule has 0 bridgehead atoms. The van der Waals surface area contributed by atoms with Crippen LogP contribution in [0.1, 0.15) is 10.4 Å². The fourth-order valence-corrected chi connectivity index (χ4v) is 0.866. The van der Waals surface area contributed by atoms with Crippen molar-refractivity contribution >= 4 is 23.6 Å². The highest BCUT2D eigenvalue weighted by Gasteiger charge is 2.08. The zero-order valence-electron chi connectivity index (χ0n) is 5.47. The number of nitrogen functional groups attached to an aromatic ring is 1. The molecule has 0 fully saturated rings. The summed E-state index contributed by atoms with van der Waals surface area (Å²) in [6.07, 6.45) is 0.344. The van der Waals surface area contributed by atoms with Crippen LogP contribution in [-0.2, 0) is 0 Å². The monoisotopic (exact) mass is 173 g/mol. The minimum absolute atomic E-state index is 0.0960. The Hall–Kier alpha value is -1.09. The number of halogens is 2. The molecule has 4 heteroatoms. The van der Waals surface area contributed by atoms with Gasteiger partial charge in [-0.2, -0.15) is 0 Å². The molecule has 0 unspecified atom stereocenters. The maximum absolute atomic E-state index is 12.8. The van der Waals surface area contributed by atoms with Gasteiger partial charge in [-0.05, 0) is 12.1 Å². The van der Waals surface area contributed by atoms with Crippen molar-refractivity contribution in [3.8, 4) is 0 Å². The molecule has 0 amide bonds. The summed E-state index contributed by atoms with van der Waals surface area (Å²) in [6, 6.07) is 2.69. The largest absolute Gasteiger partial charge is 0.398 e. The molecular formula is C7H5ClFNO. The number of anilines is 1. The second kappa shape index (κ2) is 2.88. The molecule has 0 aliphatic rings. The summed E-state index contributed by atoms with van der Waals surface area (Å²) in [4.78, 5) is 10.2. The standard InChI is InChI=1S/C7H5ClFNO/c8-5-1-2-6(10)4(3-11)7(5)9/h1-3H,10H2. The first-order valence-corrected chi connectivity index (χ1v) is 3.23. The fourth-order valence-electron chi connectivity index (χ4n) is 0.701. The minimum Gasteiger partial charge on any atom is -0.398 e. The minimum atomic E-state index is -0.762. The molecule has 0 saturated carbocycles. The molecule has 0 saturated heterocycles. The van der Waals surface area contributed by atoms with Crippen molar-refractivity contribution in [2.75, 3.05) is 5.73 Å². The molecule has 1 rings (SSSR count). The van der Waals surface area contributed by atoms with Crippen molar-refractivity contribution in [3.63, 3.8) is 0 Å². The highest BCUT2D eigenvalue weighted by molar-refractivity contribution is 6.31. The number of aldehydes is 1. The number of hydrogen-bond donors (Lipinski definition) is 1. The molecule has 2 nitrogen and oxygen atoms in total. The lowest BCUT2D eigenvalue weighted by molar-refractivity contribution is 0.112. The second-order valence-corrected chi connectivity index (χ2v) is 2.39. The van der Waals surface area contributed by atoms with Crippen LogP contribution in [0.15, 0.2) is 12.1 Å². The highest BCUT2D eigenvalue weighted by Crippen LogP contribution is 2.21. The molecule has 2 N–H and O–H groups in total. The Balaban J connectivity index is 3.40. The molecule has 0 aliphatic heterocycles. The quantitative estimate of drug-likeness (QED) is 0.521. The van der Waals surface area contributed by atoms with Crippen LogP contribution in [0.25, 0.3) is 0 Å². The molecule has 0 spiro atoms. The van der Waals surface area contributed by atoms with Gasteiger partial charge in [0, 0.05) is 5.69 Å². The van der Waals surface area contributed by atoms with E-state index in [1.165, 1.54) is 12.1 Å². The molecular weight excluding hydrogens is 169 g/mol. The van der Waals surface area contributed by atoms with Crippen LogP contribution in [0.2, 0.25) is 5.02 Å². The van der Waals surface area contributed by atoms with E-state index in [0.717, 1.165) is 0 Å². The SMILES string of the molecule is Nc1ccc(Cl)c(F)c1C=O. The topological polar surface area (TPSA) is 43.1 Å². The van der Waals surface area contributed by atoms with E-state index in [0.29, 0.717) is 6.29 Å². The van der Waals surface area contributed by atoms with Crippen LogP contribution in [0, 0.1) is 5.82 Å². The van der Waals surface area contributed by atoms with E-state index < -0.39 is 5.82 Å². The van der Waals surface area contributed by atoms with E-state index in [2.05, 4.69) is 0 Å². The van der Waals surface area contributed by atoms with Crippen molar-refractivity contribution in [2.24, 2.45) is 0 Å². The first kappa shape index (κ1) is 8.01. The van der Waals surface area contributed by atoms with E-state index >= 15 is 0 Å². The van der Waals surface area contributed by atoms with E-state index in [1.807, 2.05) is 0 Å². The van der Waals surface area contributed by atoms with Gasteiger partial charge in [0.25, 0.3) is 0 Å². The summed E-state index contributed by atoms with van der Waals surface area (Å²) < 4.78 is 12.8. The maximum Gasteiger partial charge on any atom is 0.155 e. The van der Waals surface area contributed by atoms with Gasteiger partial charge in [0.15, 0.2) is 12.1 Å². The number of carbonyl (C=O) groups is 1. The molecule has 58 valence electrons. The van der Waals surface area contributed by atoms with Crippen molar-refractivity contribution in [1.29, 1.82) is 0 Å². The molecule has 0 radical (unpaired) electrons. The van der Waals surface area contributed by atoms with Crippen LogP contribution >= 0.6 is 11.6 Å². The normalized spacial score (nSPS) is 9.64. The van der Waals surface area contributed by atoms with Crippen LogP contribution in [0.5, 0.6) is 0 Å². The van der Waals surface area contributed by atoms with Gasteiger partial charge in [-0.15, -0.1) is 0 Å². The Labute approximate surface area is 67.8 Å². The van der Waals surface area contributed by atoms with Crippen LogP contribution in [-0.4, -0.2) is 6.29 Å². The third kappa shape index (κ3) is 1.33. The van der Waals surface area contributed by atoms with E-state index in [4.69, 9.17) is 17.3 Å². The van der Waals surface area contributed by atoms with Crippen LogP contribution in [0.3, 0.4) is 0 Å². The average molecular weight is 174 g/mol. The Bertz CT molecular complexity index is 301. The first-order chi connectivity index (χ1) is 5.16. The third-order valence-corrected chi connectivity index (χ3v) is 1.58. The number of nitrogens with two attached hydrogens (primary N) is 1. The van der Waals surface area contributed by atoms with Crippen molar-refractivity contribution < 1.29 is 9.18 Å². The van der Waals surface area contributed by atoms with E-state index in [9.17, 15) is 9.18 Å². The van der Waals surface area contributed by atoms with Crippen molar-refractivity contribution in [3.05, 3.63) is 28.5 Å². The summed E-state index contributed by atoms with van der Waals surface area (Å²) in [7, 11) is 0. The van der Waals surface area contributed by atoms with Crippen LogP contribution in [0.4, 0.5) is 10.1 Å². The predicted octanol–water partition coefficient (Wildman–Crippen LogP) is 1.87. The number of rotatable bonds is 1. The molecule has 0 heterocycles. The number of benzene rings is 1. The molecule has 0 atom stereocenters. The van der Waals surface area contributed by atoms with Crippen molar-refractivity contribution in [2.45, 2.75) is 0 Å². The summed E-state index contributed by atoms with van der Waals surface area (Å²) in [5, 5.41) is -0.0960. The summed E-state index contributed by atoms with van der Waals surface area (Å²) in [5.41, 5.74) is 5.19. The lowest BCUT2D eigenvalue weighted by Gasteiger charge is -2.00. The highest BCUT2D eigenvalue weighted by atomic mass is 35.5. The van der Waals surface area contributed by atoms with Gasteiger partial charge in [-0.3, -0.25) is 4.79 Å². The van der Waals surface area contributed by atoms with Gasteiger partial charge < -0.3 is 5.73 Å². The zero-order chi connectivity index (χ0) is 8.43. The van der Waals surface area contributed by atoms with Crippen molar-refractivity contribution in [1.82, 2.24) is 0 Å². The molecule has 1 aromatic carbocycles. The Morgan fingerprint density at radius 3 is 2.64 bits per heavy atom. The summed E-state index contributed by atoms with van der Waals surface area (Å²) in [5.74, 6) is -0.762. The van der Waals surface area contributed by atoms with Crippen LogP contribution < -0.4 is 5.73 Å². The van der Waals surface area contributed by atoms with E-state index in [-0.39, 0.29) is 16.3 Å². The zero-order valence-corrected chi connectivity index (χ0v) is 6.23. The first-order valence-electron chi connectivity index (χ1n) is 2.85. The Kier molecular flexibility index (Phi) is 2.10. The molecule has 11 heavy (non-hydrogen) atoms. The van der Waals surface area contributed by atoms with Gasteiger partial charge in [0.05, 0.1) is 10.6 Å². The predicted molar refractivity (Wildman–Crippen MR) is 41.2 cm³/mol. The smallest absolute Gasteiger partial charge is 0.155 e. The summed E-state index contributed by atoms with van der Waals surface area (Å²) >= 11 is 5.38. The van der Waals surface area contributed by atoms with Gasteiger partial charge in [0.2, 0.25) is 0 Å².